The van der Waals surface area contributed by atoms with Crippen LogP contribution in [0, 0.1) is 11.3 Å². The Morgan fingerprint density at radius 2 is 1.60 bits per heavy atom. The number of aliphatic hydroxyl groups is 1. The van der Waals surface area contributed by atoms with Gasteiger partial charge in [-0.2, -0.15) is 0 Å². The summed E-state index contributed by atoms with van der Waals surface area (Å²) in [6.07, 6.45) is 1.91. The molecular formula is C13H27NO. The third-order valence-electron chi connectivity index (χ3n) is 3.95. The first-order valence-electron chi connectivity index (χ1n) is 5.60. The van der Waals surface area contributed by atoms with Crippen LogP contribution < -0.4 is 0 Å². The lowest BCUT2D eigenvalue weighted by Gasteiger charge is -2.49. The molecule has 0 saturated carbocycles. The highest BCUT2D eigenvalue weighted by molar-refractivity contribution is 5.05. The van der Waals surface area contributed by atoms with E-state index in [1.165, 1.54) is 0 Å². The van der Waals surface area contributed by atoms with E-state index < -0.39 is 5.60 Å². The van der Waals surface area contributed by atoms with E-state index in [4.69, 9.17) is 0 Å². The summed E-state index contributed by atoms with van der Waals surface area (Å²) in [5.41, 5.74) is -0.942. The molecule has 0 spiro atoms. The van der Waals surface area contributed by atoms with E-state index in [-0.39, 0.29) is 17.4 Å². The first kappa shape index (κ1) is 14.7. The minimum Gasteiger partial charge on any atom is -0.389 e. The van der Waals surface area contributed by atoms with Crippen LogP contribution in [-0.2, 0) is 0 Å². The molecule has 2 atom stereocenters. The van der Waals surface area contributed by atoms with Crippen molar-refractivity contribution in [2.24, 2.45) is 11.3 Å². The highest BCUT2D eigenvalue weighted by atomic mass is 16.3. The van der Waals surface area contributed by atoms with Gasteiger partial charge in [0.25, 0.3) is 0 Å². The zero-order chi connectivity index (χ0) is 12.4. The summed E-state index contributed by atoms with van der Waals surface area (Å²) in [5, 5.41) is 10.6. The Kier molecular flexibility index (Phi) is 4.56. The van der Waals surface area contributed by atoms with Crippen molar-refractivity contribution in [3.63, 3.8) is 0 Å². The smallest absolute Gasteiger partial charge is 0.0711 e. The maximum atomic E-state index is 10.6. The van der Waals surface area contributed by atoms with Gasteiger partial charge in [0.05, 0.1) is 5.60 Å². The minimum atomic E-state index is -0.712. The maximum absolute atomic E-state index is 10.6. The fourth-order valence-corrected chi connectivity index (χ4v) is 2.19. The first-order valence-corrected chi connectivity index (χ1v) is 5.60. The molecule has 0 heterocycles. The van der Waals surface area contributed by atoms with Gasteiger partial charge in [0, 0.05) is 11.5 Å². The molecule has 0 rings (SSSR count). The highest BCUT2D eigenvalue weighted by Crippen LogP contribution is 2.41. The van der Waals surface area contributed by atoms with Crippen molar-refractivity contribution in [1.29, 1.82) is 0 Å². The molecule has 2 unspecified atom stereocenters. The van der Waals surface area contributed by atoms with Gasteiger partial charge in [-0.3, -0.25) is 0 Å². The molecule has 15 heavy (non-hydrogen) atoms. The van der Waals surface area contributed by atoms with Crippen molar-refractivity contribution in [3.8, 4) is 0 Å². The molecule has 0 aromatic heterocycles. The Morgan fingerprint density at radius 3 is 1.80 bits per heavy atom. The summed E-state index contributed by atoms with van der Waals surface area (Å²) in [6, 6.07) is 0.162. The molecule has 2 nitrogen and oxygen atoms in total. The molecule has 0 radical (unpaired) electrons. The second kappa shape index (κ2) is 4.67. The summed E-state index contributed by atoms with van der Waals surface area (Å²) in [5.74, 6) is 0.217. The van der Waals surface area contributed by atoms with Gasteiger partial charge < -0.3 is 10.0 Å². The molecule has 90 valence electrons. The second-order valence-corrected chi connectivity index (χ2v) is 5.67. The van der Waals surface area contributed by atoms with Crippen LogP contribution in [0.3, 0.4) is 0 Å². The number of hydrogen-bond donors (Lipinski definition) is 1. The highest BCUT2D eigenvalue weighted by Gasteiger charge is 2.46. The van der Waals surface area contributed by atoms with Gasteiger partial charge in [0.15, 0.2) is 0 Å². The molecule has 0 fully saturated rings. The number of nitrogens with zero attached hydrogens (tertiary/aromatic N) is 1. The average Bonchev–Trinajstić information content (AvgIpc) is 2.03. The van der Waals surface area contributed by atoms with Crippen LogP contribution >= 0.6 is 0 Å². The lowest BCUT2D eigenvalue weighted by molar-refractivity contribution is -0.110. The molecule has 0 bridgehead atoms. The quantitative estimate of drug-likeness (QED) is 0.709. The lowest BCUT2D eigenvalue weighted by Crippen LogP contribution is -2.56. The van der Waals surface area contributed by atoms with Crippen molar-refractivity contribution >= 4 is 0 Å². The van der Waals surface area contributed by atoms with Gasteiger partial charge >= 0.3 is 0 Å². The Balaban J connectivity index is 5.17. The van der Waals surface area contributed by atoms with E-state index in [9.17, 15) is 5.11 Å². The van der Waals surface area contributed by atoms with E-state index in [1.807, 2.05) is 27.1 Å². The molecular weight excluding hydrogens is 186 g/mol. The van der Waals surface area contributed by atoms with Crippen LogP contribution in [0.15, 0.2) is 12.7 Å². The van der Waals surface area contributed by atoms with Gasteiger partial charge in [-0.05, 0) is 26.9 Å². The molecule has 2 heteroatoms. The van der Waals surface area contributed by atoms with Gasteiger partial charge in [-0.15, -0.1) is 6.58 Å². The number of hydrogen-bond acceptors (Lipinski definition) is 2. The molecule has 0 aliphatic rings. The molecule has 0 aromatic carbocycles. The molecule has 1 N–H and O–H groups in total. The predicted octanol–water partition coefficient (Wildman–Crippen LogP) is 2.54. The van der Waals surface area contributed by atoms with Crippen LogP contribution in [0.4, 0.5) is 0 Å². The summed E-state index contributed by atoms with van der Waals surface area (Å²) in [4.78, 5) is 2.10. The van der Waals surface area contributed by atoms with Crippen molar-refractivity contribution < 1.29 is 5.11 Å². The summed E-state index contributed by atoms with van der Waals surface area (Å²) < 4.78 is 0. The van der Waals surface area contributed by atoms with Crippen LogP contribution in [0.1, 0.15) is 34.6 Å². The van der Waals surface area contributed by atoms with Crippen molar-refractivity contribution in [1.82, 2.24) is 4.90 Å². The van der Waals surface area contributed by atoms with Crippen molar-refractivity contribution in [2.45, 2.75) is 46.3 Å². The topological polar surface area (TPSA) is 23.5 Å². The fourth-order valence-electron chi connectivity index (χ4n) is 2.19. The zero-order valence-corrected chi connectivity index (χ0v) is 11.3. The summed E-state index contributed by atoms with van der Waals surface area (Å²) in [6.45, 7) is 14.1. The Labute approximate surface area is 95.0 Å². The largest absolute Gasteiger partial charge is 0.389 e. The molecule has 0 aliphatic heterocycles. The van der Waals surface area contributed by atoms with Crippen LogP contribution in [0.2, 0.25) is 0 Å². The Morgan fingerprint density at radius 1 is 1.20 bits per heavy atom. The third kappa shape index (κ3) is 2.61. The van der Waals surface area contributed by atoms with Crippen molar-refractivity contribution in [3.05, 3.63) is 12.7 Å². The molecule has 0 aromatic rings. The van der Waals surface area contributed by atoms with Crippen molar-refractivity contribution in [2.75, 3.05) is 14.1 Å². The Hall–Kier alpha value is -0.340. The Bertz CT molecular complexity index is 217. The zero-order valence-electron chi connectivity index (χ0n) is 11.3. The molecule has 0 aliphatic carbocycles. The summed E-state index contributed by atoms with van der Waals surface area (Å²) >= 11 is 0. The molecule has 0 amide bonds. The third-order valence-corrected chi connectivity index (χ3v) is 3.95. The SMILES string of the molecule is C=CC(N(C)C)C(C)(C)C(C)(O)C(C)C. The lowest BCUT2D eigenvalue weighted by atomic mass is 9.65. The van der Waals surface area contributed by atoms with E-state index >= 15 is 0 Å². The van der Waals surface area contributed by atoms with Gasteiger partial charge in [-0.1, -0.05) is 33.8 Å². The van der Waals surface area contributed by atoms with E-state index in [0.717, 1.165) is 0 Å². The van der Waals surface area contributed by atoms with Crippen LogP contribution in [0.5, 0.6) is 0 Å². The fraction of sp³-hybridized carbons (Fsp3) is 0.846. The monoisotopic (exact) mass is 213 g/mol. The number of rotatable bonds is 5. The van der Waals surface area contributed by atoms with Crippen LogP contribution in [0.25, 0.3) is 0 Å². The summed E-state index contributed by atoms with van der Waals surface area (Å²) in [7, 11) is 4.04. The maximum Gasteiger partial charge on any atom is 0.0711 e. The second-order valence-electron chi connectivity index (χ2n) is 5.67. The van der Waals surface area contributed by atoms with E-state index in [2.05, 4.69) is 39.2 Å². The van der Waals surface area contributed by atoms with Gasteiger partial charge in [0.2, 0.25) is 0 Å². The van der Waals surface area contributed by atoms with E-state index in [1.54, 1.807) is 0 Å². The number of likely N-dealkylation sites (N-methyl/N-ethyl adjacent to an activating group) is 1. The normalized spacial score (nSPS) is 19.1. The first-order chi connectivity index (χ1) is 6.59. The minimum absolute atomic E-state index is 0.162. The average molecular weight is 213 g/mol. The van der Waals surface area contributed by atoms with Crippen LogP contribution in [-0.4, -0.2) is 35.7 Å². The standard InChI is InChI=1S/C13H27NO/c1-9-11(14(7)8)12(4,5)13(6,15)10(2)3/h9-11,15H,1H2,2-8H3. The predicted molar refractivity (Wildman–Crippen MR) is 66.9 cm³/mol. The van der Waals surface area contributed by atoms with E-state index in [0.29, 0.717) is 0 Å². The van der Waals surface area contributed by atoms with Gasteiger partial charge in [0.1, 0.15) is 0 Å². The molecule has 0 saturated heterocycles. The van der Waals surface area contributed by atoms with Gasteiger partial charge in [-0.25, -0.2) is 0 Å².